The largest absolute Gasteiger partial charge is 0.422 e. The molecular formula is C11H18N2O. The van der Waals surface area contributed by atoms with Gasteiger partial charge in [0.25, 0.3) is 6.26 Å². The van der Waals surface area contributed by atoms with Crippen LogP contribution in [0.3, 0.4) is 0 Å². The van der Waals surface area contributed by atoms with Crippen LogP contribution in [0.25, 0.3) is 0 Å². The van der Waals surface area contributed by atoms with Gasteiger partial charge >= 0.3 is 0 Å². The van der Waals surface area contributed by atoms with E-state index in [4.69, 9.17) is 15.7 Å². The van der Waals surface area contributed by atoms with E-state index in [9.17, 15) is 0 Å². The zero-order valence-corrected chi connectivity index (χ0v) is 8.97. The Kier molecular flexibility index (Phi) is 3.54. The normalized spacial score (nSPS) is 36.9. The van der Waals surface area contributed by atoms with Crippen LogP contribution in [0.4, 0.5) is 0 Å². The maximum atomic E-state index is 8.53. The van der Waals surface area contributed by atoms with Gasteiger partial charge in [-0.15, -0.1) is 0 Å². The van der Waals surface area contributed by atoms with Gasteiger partial charge in [0.15, 0.2) is 0 Å². The van der Waals surface area contributed by atoms with Crippen LogP contribution in [-0.4, -0.2) is 12.1 Å². The van der Waals surface area contributed by atoms with Gasteiger partial charge in [-0.1, -0.05) is 32.9 Å². The van der Waals surface area contributed by atoms with Crippen LogP contribution in [0.5, 0.6) is 0 Å². The molecule has 0 saturated heterocycles. The van der Waals surface area contributed by atoms with Gasteiger partial charge in [-0.2, -0.15) is 5.26 Å². The summed E-state index contributed by atoms with van der Waals surface area (Å²) in [5.41, 5.74) is 6.07. The van der Waals surface area contributed by atoms with E-state index >= 15 is 0 Å². The molecule has 3 heteroatoms. The molecule has 1 aliphatic carbocycles. The fourth-order valence-electron chi connectivity index (χ4n) is 2.02. The molecule has 0 heterocycles. The second-order valence-corrected chi connectivity index (χ2v) is 4.32. The molecular weight excluding hydrogens is 176 g/mol. The molecule has 14 heavy (non-hydrogen) atoms. The molecule has 1 aliphatic rings. The van der Waals surface area contributed by atoms with Gasteiger partial charge in [-0.05, 0) is 11.8 Å². The van der Waals surface area contributed by atoms with Gasteiger partial charge in [0, 0.05) is 12.0 Å². The average molecular weight is 194 g/mol. The summed E-state index contributed by atoms with van der Waals surface area (Å²) in [5, 5.41) is 8.53. The molecule has 0 saturated carbocycles. The number of nitrogens with zero attached hydrogens (tertiary/aromatic N) is 1. The number of hydrogen-bond donors (Lipinski definition) is 1. The van der Waals surface area contributed by atoms with Crippen molar-refractivity contribution in [2.45, 2.75) is 32.9 Å². The first-order valence-electron chi connectivity index (χ1n) is 5.06. The van der Waals surface area contributed by atoms with Crippen molar-refractivity contribution in [2.75, 3.05) is 0 Å². The van der Waals surface area contributed by atoms with Crippen LogP contribution in [0.15, 0.2) is 12.2 Å². The second kappa shape index (κ2) is 4.47. The van der Waals surface area contributed by atoms with Crippen molar-refractivity contribution in [2.24, 2.45) is 23.5 Å². The number of ether oxygens (including phenoxy) is 1. The third-order valence-corrected chi connectivity index (χ3v) is 2.94. The van der Waals surface area contributed by atoms with E-state index in [0.717, 1.165) is 0 Å². The lowest BCUT2D eigenvalue weighted by atomic mass is 9.77. The molecule has 2 N–H and O–H groups in total. The van der Waals surface area contributed by atoms with E-state index in [0.29, 0.717) is 11.8 Å². The summed E-state index contributed by atoms with van der Waals surface area (Å²) in [6.07, 6.45) is 5.82. The highest BCUT2D eigenvalue weighted by molar-refractivity contribution is 5.08. The number of nitriles is 1. The summed E-state index contributed by atoms with van der Waals surface area (Å²) in [5.74, 6) is 1.02. The Hall–Kier alpha value is -1.01. The van der Waals surface area contributed by atoms with E-state index in [-0.39, 0.29) is 18.1 Å². The van der Waals surface area contributed by atoms with Crippen molar-refractivity contribution in [1.29, 1.82) is 5.26 Å². The summed E-state index contributed by atoms with van der Waals surface area (Å²) in [4.78, 5) is 0. The Labute approximate surface area is 85.5 Å². The molecule has 0 spiro atoms. The van der Waals surface area contributed by atoms with Crippen molar-refractivity contribution in [3.05, 3.63) is 12.2 Å². The lowest BCUT2D eigenvalue weighted by Crippen LogP contribution is -2.48. The van der Waals surface area contributed by atoms with Crippen LogP contribution in [0, 0.1) is 29.3 Å². The Morgan fingerprint density at radius 1 is 1.43 bits per heavy atom. The quantitative estimate of drug-likeness (QED) is 0.537. The molecule has 78 valence electrons. The first-order chi connectivity index (χ1) is 6.57. The topological polar surface area (TPSA) is 59.0 Å². The Morgan fingerprint density at radius 3 is 2.57 bits per heavy atom. The summed E-state index contributed by atoms with van der Waals surface area (Å²) in [6.45, 7) is 6.29. The van der Waals surface area contributed by atoms with Crippen molar-refractivity contribution < 1.29 is 4.74 Å². The minimum atomic E-state index is -0.169. The molecule has 1 rings (SSSR count). The summed E-state index contributed by atoms with van der Waals surface area (Å²) in [6, 6.07) is -0.0744. The van der Waals surface area contributed by atoms with Crippen molar-refractivity contribution in [1.82, 2.24) is 0 Å². The van der Waals surface area contributed by atoms with Gasteiger partial charge in [0.1, 0.15) is 6.10 Å². The first-order valence-corrected chi connectivity index (χ1v) is 5.06. The SMILES string of the molecule is CC(C)C1C=CC(C)C(OC#N)C1N. The summed E-state index contributed by atoms with van der Waals surface area (Å²) in [7, 11) is 0. The molecule has 0 aliphatic heterocycles. The van der Waals surface area contributed by atoms with Crippen LogP contribution in [0.1, 0.15) is 20.8 Å². The smallest absolute Gasteiger partial charge is 0.286 e. The van der Waals surface area contributed by atoms with E-state index in [2.05, 4.69) is 26.0 Å². The minimum absolute atomic E-state index is 0.0744. The summed E-state index contributed by atoms with van der Waals surface area (Å²) < 4.78 is 5.02. The van der Waals surface area contributed by atoms with Gasteiger partial charge in [-0.3, -0.25) is 0 Å². The van der Waals surface area contributed by atoms with E-state index in [1.54, 1.807) is 6.26 Å². The fraction of sp³-hybridized carbons (Fsp3) is 0.727. The van der Waals surface area contributed by atoms with Crippen molar-refractivity contribution in [3.63, 3.8) is 0 Å². The molecule has 0 amide bonds. The molecule has 0 radical (unpaired) electrons. The van der Waals surface area contributed by atoms with Gasteiger partial charge in [-0.25, -0.2) is 0 Å². The maximum absolute atomic E-state index is 8.53. The molecule has 0 aromatic carbocycles. The standard InChI is InChI=1S/C11H18N2O/c1-7(2)9-5-4-8(3)11(10(9)13)14-6-12/h4-5,7-11H,13H2,1-3H3. The molecule has 0 bridgehead atoms. The van der Waals surface area contributed by atoms with Gasteiger partial charge in [0.05, 0.1) is 0 Å². The molecule has 0 aromatic rings. The van der Waals surface area contributed by atoms with E-state index < -0.39 is 0 Å². The van der Waals surface area contributed by atoms with Crippen LogP contribution >= 0.6 is 0 Å². The zero-order chi connectivity index (χ0) is 10.7. The maximum Gasteiger partial charge on any atom is 0.286 e. The average Bonchev–Trinajstić information content (AvgIpc) is 2.11. The van der Waals surface area contributed by atoms with Crippen LogP contribution < -0.4 is 5.73 Å². The van der Waals surface area contributed by atoms with Crippen molar-refractivity contribution in [3.8, 4) is 6.26 Å². The highest BCUT2D eigenvalue weighted by Crippen LogP contribution is 2.28. The van der Waals surface area contributed by atoms with E-state index in [1.165, 1.54) is 0 Å². The predicted molar refractivity (Wildman–Crippen MR) is 55.1 cm³/mol. The minimum Gasteiger partial charge on any atom is -0.422 e. The highest BCUT2D eigenvalue weighted by Gasteiger charge is 2.34. The molecule has 3 nitrogen and oxygen atoms in total. The lowest BCUT2D eigenvalue weighted by molar-refractivity contribution is 0.0697. The number of rotatable bonds is 2. The molecule has 0 fully saturated rings. The molecule has 4 atom stereocenters. The summed E-state index contributed by atoms with van der Waals surface area (Å²) >= 11 is 0. The highest BCUT2D eigenvalue weighted by atomic mass is 16.5. The van der Waals surface area contributed by atoms with Gasteiger partial charge in [0.2, 0.25) is 0 Å². The van der Waals surface area contributed by atoms with Gasteiger partial charge < -0.3 is 10.5 Å². The third kappa shape index (κ3) is 2.08. The fourth-order valence-corrected chi connectivity index (χ4v) is 2.02. The van der Waals surface area contributed by atoms with Crippen LogP contribution in [-0.2, 0) is 4.74 Å². The third-order valence-electron chi connectivity index (χ3n) is 2.94. The second-order valence-electron chi connectivity index (χ2n) is 4.32. The first kappa shape index (κ1) is 11.1. The van der Waals surface area contributed by atoms with Crippen LogP contribution in [0.2, 0.25) is 0 Å². The molecule has 0 aromatic heterocycles. The molecule has 4 unspecified atom stereocenters. The number of nitrogens with two attached hydrogens (primary N) is 1. The van der Waals surface area contributed by atoms with E-state index in [1.807, 2.05) is 6.92 Å². The monoisotopic (exact) mass is 194 g/mol. The Bertz CT molecular complexity index is 255. The Balaban J connectivity index is 2.79. The zero-order valence-electron chi connectivity index (χ0n) is 8.97. The predicted octanol–water partition coefficient (Wildman–Crippen LogP) is 1.66. The Morgan fingerprint density at radius 2 is 2.07 bits per heavy atom. The number of hydrogen-bond acceptors (Lipinski definition) is 3. The lowest BCUT2D eigenvalue weighted by Gasteiger charge is -2.35. The van der Waals surface area contributed by atoms with Crippen molar-refractivity contribution >= 4 is 0 Å².